The Kier molecular flexibility index (Phi) is 3.53. The molecule has 1 rings (SSSR count). The molecule has 1 saturated carbocycles. The average molecular weight is 220 g/mol. The van der Waals surface area contributed by atoms with Crippen LogP contribution in [0.15, 0.2) is 0 Å². The summed E-state index contributed by atoms with van der Waals surface area (Å²) < 4.78 is 28.0. The molecule has 0 aromatic carbocycles. The molecule has 82 valence electrons. The molecule has 0 heterocycles. The molecule has 0 aliphatic heterocycles. The van der Waals surface area contributed by atoms with E-state index in [1.54, 1.807) is 6.92 Å². The van der Waals surface area contributed by atoms with Gasteiger partial charge in [0.25, 0.3) is 0 Å². The quantitative estimate of drug-likeness (QED) is 0.642. The van der Waals surface area contributed by atoms with Gasteiger partial charge in [-0.15, -0.1) is 0 Å². The molecule has 1 unspecified atom stereocenters. The van der Waals surface area contributed by atoms with Gasteiger partial charge in [-0.05, 0) is 25.2 Å². The zero-order valence-corrected chi connectivity index (χ0v) is 9.34. The summed E-state index contributed by atoms with van der Waals surface area (Å²) >= 11 is 0. The maximum Gasteiger partial charge on any atom is 0.324 e. The second kappa shape index (κ2) is 4.29. The first-order valence-corrected chi connectivity index (χ1v) is 6.54. The van der Waals surface area contributed by atoms with E-state index in [9.17, 15) is 13.2 Å². The first kappa shape index (κ1) is 11.5. The molecule has 1 aliphatic carbocycles. The predicted molar refractivity (Wildman–Crippen MR) is 52.6 cm³/mol. The number of esters is 1. The molecular formula is C9H16O4S. The lowest BCUT2D eigenvalue weighted by atomic mass is 10.3. The fourth-order valence-corrected chi connectivity index (χ4v) is 3.63. The number of hydrogen-bond donors (Lipinski definition) is 0. The van der Waals surface area contributed by atoms with Crippen LogP contribution >= 0.6 is 0 Å². The summed E-state index contributed by atoms with van der Waals surface area (Å²) in [5.74, 6) is -0.525. The van der Waals surface area contributed by atoms with E-state index in [-0.39, 0.29) is 11.7 Å². The highest BCUT2D eigenvalue weighted by atomic mass is 32.2. The summed E-state index contributed by atoms with van der Waals surface area (Å²) in [6.07, 6.45) is 2.19. The largest absolute Gasteiger partial charge is 0.468 e. The monoisotopic (exact) mass is 220 g/mol. The molecule has 0 radical (unpaired) electrons. The van der Waals surface area contributed by atoms with Gasteiger partial charge in [0.05, 0.1) is 12.9 Å². The maximum atomic E-state index is 11.7. The lowest BCUT2D eigenvalue weighted by Gasteiger charge is -2.13. The van der Waals surface area contributed by atoms with E-state index in [0.717, 1.165) is 12.8 Å². The third kappa shape index (κ3) is 2.47. The van der Waals surface area contributed by atoms with Crippen molar-refractivity contribution >= 4 is 15.8 Å². The van der Waals surface area contributed by atoms with Crippen molar-refractivity contribution in [1.82, 2.24) is 0 Å². The molecule has 0 saturated heterocycles. The number of sulfone groups is 1. The fourth-order valence-electron chi connectivity index (χ4n) is 1.56. The lowest BCUT2D eigenvalue weighted by molar-refractivity contribution is -0.140. The second-order valence-electron chi connectivity index (χ2n) is 3.65. The molecule has 4 nitrogen and oxygen atoms in total. The zero-order valence-electron chi connectivity index (χ0n) is 8.52. The highest BCUT2D eigenvalue weighted by Gasteiger charge is 2.45. The molecular weight excluding hydrogens is 204 g/mol. The van der Waals surface area contributed by atoms with Gasteiger partial charge in [-0.3, -0.25) is 4.79 Å². The van der Waals surface area contributed by atoms with E-state index < -0.39 is 21.1 Å². The Morgan fingerprint density at radius 3 is 2.43 bits per heavy atom. The Labute approximate surface area is 84.6 Å². The zero-order chi connectivity index (χ0) is 10.8. The first-order valence-electron chi connectivity index (χ1n) is 4.82. The van der Waals surface area contributed by atoms with Crippen LogP contribution in [0.3, 0.4) is 0 Å². The number of ether oxygens (including phenoxy) is 1. The third-order valence-corrected chi connectivity index (χ3v) is 4.69. The summed E-state index contributed by atoms with van der Waals surface area (Å²) in [6, 6.07) is 0. The Hall–Kier alpha value is -0.580. The standard InChI is InChI=1S/C9H16O4S/c1-3-6-14(11,12)8(7-4-5-7)9(10)13-2/h7-8H,3-6H2,1-2H3. The van der Waals surface area contributed by atoms with E-state index in [1.807, 2.05) is 0 Å². The summed E-state index contributed by atoms with van der Waals surface area (Å²) in [5.41, 5.74) is 0. The van der Waals surface area contributed by atoms with Crippen LogP contribution in [0.2, 0.25) is 0 Å². The van der Waals surface area contributed by atoms with Gasteiger partial charge in [-0.2, -0.15) is 0 Å². The number of carbonyl (C=O) groups is 1. The van der Waals surface area contributed by atoms with Crippen LogP contribution in [0.25, 0.3) is 0 Å². The van der Waals surface area contributed by atoms with Gasteiger partial charge in [-0.1, -0.05) is 6.92 Å². The van der Waals surface area contributed by atoms with Gasteiger partial charge in [-0.25, -0.2) is 8.42 Å². The molecule has 0 aromatic heterocycles. The summed E-state index contributed by atoms with van der Waals surface area (Å²) in [7, 11) is -2.06. The van der Waals surface area contributed by atoms with E-state index in [0.29, 0.717) is 6.42 Å². The lowest BCUT2D eigenvalue weighted by Crippen LogP contribution is -2.35. The summed E-state index contributed by atoms with van der Waals surface area (Å²) in [4.78, 5) is 11.3. The molecule has 0 aromatic rings. The molecule has 0 bridgehead atoms. The second-order valence-corrected chi connectivity index (χ2v) is 5.89. The van der Waals surface area contributed by atoms with Crippen LogP contribution in [-0.2, 0) is 19.4 Å². The molecule has 0 spiro atoms. The number of rotatable bonds is 5. The van der Waals surface area contributed by atoms with Crippen molar-refractivity contribution in [3.63, 3.8) is 0 Å². The van der Waals surface area contributed by atoms with Crippen molar-refractivity contribution in [2.24, 2.45) is 5.92 Å². The topological polar surface area (TPSA) is 60.4 Å². The Bertz CT molecular complexity index is 303. The molecule has 1 fully saturated rings. The smallest absolute Gasteiger partial charge is 0.324 e. The van der Waals surface area contributed by atoms with E-state index in [1.165, 1.54) is 7.11 Å². The minimum Gasteiger partial charge on any atom is -0.468 e. The maximum absolute atomic E-state index is 11.7. The van der Waals surface area contributed by atoms with Crippen molar-refractivity contribution in [1.29, 1.82) is 0 Å². The van der Waals surface area contributed by atoms with E-state index in [4.69, 9.17) is 0 Å². The van der Waals surface area contributed by atoms with Crippen LogP contribution < -0.4 is 0 Å². The van der Waals surface area contributed by atoms with Gasteiger partial charge >= 0.3 is 5.97 Å². The van der Waals surface area contributed by atoms with Crippen LogP contribution in [-0.4, -0.2) is 32.5 Å². The minimum atomic E-state index is -3.30. The number of methoxy groups -OCH3 is 1. The van der Waals surface area contributed by atoms with Crippen LogP contribution in [0.5, 0.6) is 0 Å². The minimum absolute atomic E-state index is 0.000926. The Morgan fingerprint density at radius 2 is 2.07 bits per heavy atom. The van der Waals surface area contributed by atoms with E-state index in [2.05, 4.69) is 4.74 Å². The predicted octanol–water partition coefficient (Wildman–Crippen LogP) is 0.763. The van der Waals surface area contributed by atoms with Crippen LogP contribution in [0.4, 0.5) is 0 Å². The molecule has 14 heavy (non-hydrogen) atoms. The van der Waals surface area contributed by atoms with Gasteiger partial charge in [0.15, 0.2) is 15.1 Å². The van der Waals surface area contributed by atoms with Crippen molar-refractivity contribution < 1.29 is 17.9 Å². The summed E-state index contributed by atoms with van der Waals surface area (Å²) in [5, 5.41) is -0.910. The first-order chi connectivity index (χ1) is 6.53. The molecule has 5 heteroatoms. The highest BCUT2D eigenvalue weighted by molar-refractivity contribution is 7.92. The van der Waals surface area contributed by atoms with Crippen molar-refractivity contribution in [2.75, 3.05) is 12.9 Å². The van der Waals surface area contributed by atoms with Crippen LogP contribution in [0.1, 0.15) is 26.2 Å². The Morgan fingerprint density at radius 1 is 1.50 bits per heavy atom. The molecule has 0 N–H and O–H groups in total. The molecule has 1 aliphatic rings. The average Bonchev–Trinajstić information content (AvgIpc) is 2.87. The van der Waals surface area contributed by atoms with Gasteiger partial charge < -0.3 is 4.74 Å². The van der Waals surface area contributed by atoms with E-state index >= 15 is 0 Å². The number of carbonyl (C=O) groups excluding carboxylic acids is 1. The van der Waals surface area contributed by atoms with Gasteiger partial charge in [0.2, 0.25) is 0 Å². The van der Waals surface area contributed by atoms with Crippen LogP contribution in [0, 0.1) is 5.92 Å². The SMILES string of the molecule is CCCS(=O)(=O)C(C(=O)OC)C1CC1. The van der Waals surface area contributed by atoms with Gasteiger partial charge in [0.1, 0.15) is 0 Å². The normalized spacial score (nSPS) is 19.0. The van der Waals surface area contributed by atoms with Crippen molar-refractivity contribution in [3.05, 3.63) is 0 Å². The van der Waals surface area contributed by atoms with Crippen molar-refractivity contribution in [3.8, 4) is 0 Å². The molecule has 1 atom stereocenters. The fraction of sp³-hybridized carbons (Fsp3) is 0.889. The molecule has 0 amide bonds. The van der Waals surface area contributed by atoms with Gasteiger partial charge in [0, 0.05) is 0 Å². The highest BCUT2D eigenvalue weighted by Crippen LogP contribution is 2.37. The number of hydrogen-bond acceptors (Lipinski definition) is 4. The van der Waals surface area contributed by atoms with Crippen molar-refractivity contribution in [2.45, 2.75) is 31.4 Å². The third-order valence-electron chi connectivity index (χ3n) is 2.36. The summed E-state index contributed by atoms with van der Waals surface area (Å²) in [6.45, 7) is 1.79. The Balaban J connectivity index is 2.81.